The van der Waals surface area contributed by atoms with Crippen LogP contribution in [0.2, 0.25) is 0 Å². The van der Waals surface area contributed by atoms with E-state index in [4.69, 9.17) is 19.3 Å². The van der Waals surface area contributed by atoms with Crippen LogP contribution in [0.5, 0.6) is 0 Å². The van der Waals surface area contributed by atoms with Gasteiger partial charge in [0.2, 0.25) is 0 Å². The molecule has 1 saturated heterocycles. The molecule has 0 aromatic carbocycles. The van der Waals surface area contributed by atoms with Gasteiger partial charge in [-0.05, 0) is 51.4 Å². The second-order valence-corrected chi connectivity index (χ2v) is 5.70. The summed E-state index contributed by atoms with van der Waals surface area (Å²) in [4.78, 5) is 10.8. The fraction of sp³-hybridized carbons (Fsp3) is 0.933. The number of hydrogen-bond acceptors (Lipinski definition) is 4. The van der Waals surface area contributed by atoms with Gasteiger partial charge in [-0.15, -0.1) is 0 Å². The molecule has 1 aliphatic heterocycles. The normalized spacial score (nSPS) is 31.1. The van der Waals surface area contributed by atoms with E-state index < -0.39 is 5.97 Å². The second kappa shape index (κ2) is 8.60. The molecule has 0 aromatic rings. The van der Waals surface area contributed by atoms with Crippen molar-refractivity contribution in [3.8, 4) is 0 Å². The van der Waals surface area contributed by atoms with E-state index in [2.05, 4.69) is 0 Å². The first kappa shape index (κ1) is 15.7. The van der Waals surface area contributed by atoms with Crippen LogP contribution >= 0.6 is 0 Å². The average Bonchev–Trinajstić information content (AvgIpc) is 2.48. The molecule has 116 valence electrons. The Morgan fingerprint density at radius 3 is 2.45 bits per heavy atom. The van der Waals surface area contributed by atoms with Crippen molar-refractivity contribution >= 4 is 5.97 Å². The van der Waals surface area contributed by atoms with Crippen molar-refractivity contribution < 1.29 is 24.1 Å². The third-order valence-corrected chi connectivity index (χ3v) is 4.11. The molecule has 2 rings (SSSR count). The lowest BCUT2D eigenvalue weighted by Gasteiger charge is -2.26. The Kier molecular flexibility index (Phi) is 6.76. The number of hydrogen-bond donors (Lipinski definition) is 1. The molecule has 2 fully saturated rings. The van der Waals surface area contributed by atoms with Gasteiger partial charge in [0, 0.05) is 13.2 Å². The van der Waals surface area contributed by atoms with Gasteiger partial charge in [-0.25, -0.2) is 0 Å². The summed E-state index contributed by atoms with van der Waals surface area (Å²) < 4.78 is 16.9. The van der Waals surface area contributed by atoms with Gasteiger partial charge in [0.15, 0.2) is 6.29 Å². The van der Waals surface area contributed by atoms with Gasteiger partial charge in [0.1, 0.15) is 0 Å². The summed E-state index contributed by atoms with van der Waals surface area (Å²) in [6.45, 7) is 2.18. The molecule has 0 radical (unpaired) electrons. The van der Waals surface area contributed by atoms with E-state index in [0.717, 1.165) is 51.6 Å². The quantitative estimate of drug-likeness (QED) is 0.729. The van der Waals surface area contributed by atoms with E-state index in [1.165, 1.54) is 6.42 Å². The van der Waals surface area contributed by atoms with Crippen LogP contribution < -0.4 is 0 Å². The van der Waals surface area contributed by atoms with Crippen molar-refractivity contribution in [1.82, 2.24) is 0 Å². The van der Waals surface area contributed by atoms with Crippen molar-refractivity contribution in [3.63, 3.8) is 0 Å². The predicted molar refractivity (Wildman–Crippen MR) is 73.5 cm³/mol. The van der Waals surface area contributed by atoms with Crippen molar-refractivity contribution in [2.75, 3.05) is 19.8 Å². The van der Waals surface area contributed by atoms with Crippen LogP contribution in [-0.2, 0) is 19.0 Å². The van der Waals surface area contributed by atoms with Crippen molar-refractivity contribution in [2.45, 2.75) is 63.8 Å². The SMILES string of the molecule is O=C(O)C1CCC(OCCCOC2CCCCO2)CC1. The second-order valence-electron chi connectivity index (χ2n) is 5.70. The highest BCUT2D eigenvalue weighted by atomic mass is 16.7. The van der Waals surface area contributed by atoms with Crippen molar-refractivity contribution in [2.24, 2.45) is 5.92 Å². The minimum Gasteiger partial charge on any atom is -0.481 e. The average molecular weight is 286 g/mol. The number of aliphatic carboxylic acids is 1. The molecule has 0 aromatic heterocycles. The summed E-state index contributed by atoms with van der Waals surface area (Å²) in [5.74, 6) is -0.828. The zero-order valence-electron chi connectivity index (χ0n) is 12.1. The molecular weight excluding hydrogens is 260 g/mol. The summed E-state index contributed by atoms with van der Waals surface area (Å²) in [5.41, 5.74) is 0. The minimum atomic E-state index is -0.663. The van der Waals surface area contributed by atoms with Gasteiger partial charge in [0.25, 0.3) is 0 Å². The Morgan fingerprint density at radius 2 is 1.80 bits per heavy atom. The van der Waals surface area contributed by atoms with Gasteiger partial charge in [0.05, 0.1) is 18.6 Å². The summed E-state index contributed by atoms with van der Waals surface area (Å²) in [6.07, 6.45) is 7.63. The van der Waals surface area contributed by atoms with Crippen molar-refractivity contribution in [3.05, 3.63) is 0 Å². The van der Waals surface area contributed by atoms with Crippen LogP contribution in [0.25, 0.3) is 0 Å². The summed E-state index contributed by atoms with van der Waals surface area (Å²) >= 11 is 0. The third-order valence-electron chi connectivity index (χ3n) is 4.11. The number of rotatable bonds is 7. The maximum atomic E-state index is 10.8. The molecular formula is C15H26O5. The molecule has 1 N–H and O–H groups in total. The Bertz CT molecular complexity index is 280. The maximum Gasteiger partial charge on any atom is 0.306 e. The minimum absolute atomic E-state index is 0.0187. The van der Waals surface area contributed by atoms with Crippen LogP contribution in [0, 0.1) is 5.92 Å². The van der Waals surface area contributed by atoms with E-state index in [1.807, 2.05) is 0 Å². The maximum absolute atomic E-state index is 10.8. The first-order valence-corrected chi connectivity index (χ1v) is 7.83. The van der Waals surface area contributed by atoms with E-state index in [9.17, 15) is 4.79 Å². The van der Waals surface area contributed by atoms with Gasteiger partial charge in [-0.3, -0.25) is 4.79 Å². The van der Waals surface area contributed by atoms with E-state index >= 15 is 0 Å². The molecule has 1 atom stereocenters. The topological polar surface area (TPSA) is 65.0 Å². The van der Waals surface area contributed by atoms with E-state index in [1.54, 1.807) is 0 Å². The molecule has 1 heterocycles. The summed E-state index contributed by atoms with van der Waals surface area (Å²) in [7, 11) is 0. The Morgan fingerprint density at radius 1 is 1.05 bits per heavy atom. The predicted octanol–water partition coefficient (Wildman–Crippen LogP) is 2.58. The number of carboxylic acids is 1. The number of carboxylic acid groups (broad SMARTS) is 1. The summed E-state index contributed by atoms with van der Waals surface area (Å²) in [6, 6.07) is 0. The lowest BCUT2D eigenvalue weighted by Crippen LogP contribution is -2.27. The molecule has 0 spiro atoms. The lowest BCUT2D eigenvalue weighted by molar-refractivity contribution is -0.164. The Hall–Kier alpha value is -0.650. The van der Waals surface area contributed by atoms with Crippen LogP contribution in [-0.4, -0.2) is 43.3 Å². The molecule has 0 amide bonds. The largest absolute Gasteiger partial charge is 0.481 e. The fourth-order valence-corrected chi connectivity index (χ4v) is 2.84. The standard InChI is InChI=1S/C15H26O5/c16-15(17)12-5-7-13(8-6-12)18-10-3-11-20-14-4-1-2-9-19-14/h12-14H,1-11H2,(H,16,17). The molecule has 5 nitrogen and oxygen atoms in total. The molecule has 1 unspecified atom stereocenters. The molecule has 1 aliphatic carbocycles. The molecule has 20 heavy (non-hydrogen) atoms. The van der Waals surface area contributed by atoms with Crippen LogP contribution in [0.15, 0.2) is 0 Å². The monoisotopic (exact) mass is 286 g/mol. The Labute approximate surface area is 120 Å². The molecule has 5 heteroatoms. The van der Waals surface area contributed by atoms with Gasteiger partial charge in [-0.2, -0.15) is 0 Å². The first-order chi connectivity index (χ1) is 9.75. The zero-order chi connectivity index (χ0) is 14.2. The highest BCUT2D eigenvalue weighted by Gasteiger charge is 2.26. The molecule has 1 saturated carbocycles. The number of carbonyl (C=O) groups is 1. The highest BCUT2D eigenvalue weighted by Crippen LogP contribution is 2.26. The van der Waals surface area contributed by atoms with Gasteiger partial charge < -0.3 is 19.3 Å². The fourth-order valence-electron chi connectivity index (χ4n) is 2.84. The number of ether oxygens (including phenoxy) is 3. The van der Waals surface area contributed by atoms with E-state index in [-0.39, 0.29) is 18.3 Å². The molecule has 0 bridgehead atoms. The third kappa shape index (κ3) is 5.38. The van der Waals surface area contributed by atoms with Crippen LogP contribution in [0.4, 0.5) is 0 Å². The highest BCUT2D eigenvalue weighted by molar-refractivity contribution is 5.70. The lowest BCUT2D eigenvalue weighted by atomic mass is 9.87. The van der Waals surface area contributed by atoms with Crippen molar-refractivity contribution in [1.29, 1.82) is 0 Å². The summed E-state index contributed by atoms with van der Waals surface area (Å²) in [5, 5.41) is 8.93. The smallest absolute Gasteiger partial charge is 0.306 e. The zero-order valence-corrected chi connectivity index (χ0v) is 12.1. The Balaban J connectivity index is 1.46. The van der Waals surface area contributed by atoms with E-state index in [0.29, 0.717) is 13.2 Å². The van der Waals surface area contributed by atoms with Crippen LogP contribution in [0.1, 0.15) is 51.4 Å². The van der Waals surface area contributed by atoms with Crippen LogP contribution in [0.3, 0.4) is 0 Å². The van der Waals surface area contributed by atoms with Gasteiger partial charge >= 0.3 is 5.97 Å². The van der Waals surface area contributed by atoms with Gasteiger partial charge in [-0.1, -0.05) is 0 Å². The molecule has 2 aliphatic rings. The first-order valence-electron chi connectivity index (χ1n) is 7.83.